The highest BCUT2D eigenvalue weighted by molar-refractivity contribution is 6.30. The molecule has 1 aromatic rings. The molecule has 2 atom stereocenters. The monoisotopic (exact) mass is 238 g/mol. The highest BCUT2D eigenvalue weighted by Crippen LogP contribution is 2.29. The molecule has 0 aliphatic carbocycles. The van der Waals surface area contributed by atoms with Crippen molar-refractivity contribution in [3.8, 4) is 0 Å². The molecular weight excluding hydrogens is 220 g/mol. The largest absolute Gasteiger partial charge is 0.368 e. The maximum atomic E-state index is 6.06. The molecule has 1 saturated heterocycles. The van der Waals surface area contributed by atoms with Gasteiger partial charge in [0, 0.05) is 29.3 Å². The fourth-order valence-corrected chi connectivity index (χ4v) is 2.62. The molecule has 2 unspecified atom stereocenters. The number of hydrogen-bond donors (Lipinski definition) is 1. The Morgan fingerprint density at radius 2 is 2.19 bits per heavy atom. The summed E-state index contributed by atoms with van der Waals surface area (Å²) in [6, 6.07) is 6.94. The standard InChI is InChI=1S/C13H19ClN2/c1-9-3-4-11(14)8-13(9)16-6-5-12(15)7-10(16)2/h3-4,8,10,12H,5-7,15H2,1-2H3. The van der Waals surface area contributed by atoms with Crippen LogP contribution in [0.25, 0.3) is 0 Å². The molecule has 0 spiro atoms. The van der Waals surface area contributed by atoms with Gasteiger partial charge in [0.05, 0.1) is 0 Å². The van der Waals surface area contributed by atoms with Gasteiger partial charge in [-0.25, -0.2) is 0 Å². The molecule has 1 aromatic carbocycles. The zero-order chi connectivity index (χ0) is 11.7. The van der Waals surface area contributed by atoms with Crippen molar-refractivity contribution in [3.05, 3.63) is 28.8 Å². The molecule has 1 heterocycles. The van der Waals surface area contributed by atoms with Gasteiger partial charge in [0.25, 0.3) is 0 Å². The first-order valence-electron chi connectivity index (χ1n) is 5.86. The van der Waals surface area contributed by atoms with Crippen LogP contribution in [0, 0.1) is 6.92 Å². The molecule has 3 heteroatoms. The number of piperidine rings is 1. The van der Waals surface area contributed by atoms with Crippen LogP contribution in [-0.2, 0) is 0 Å². The summed E-state index contributed by atoms with van der Waals surface area (Å²) in [4.78, 5) is 2.42. The smallest absolute Gasteiger partial charge is 0.0426 e. The topological polar surface area (TPSA) is 29.3 Å². The summed E-state index contributed by atoms with van der Waals surface area (Å²) >= 11 is 6.06. The van der Waals surface area contributed by atoms with Gasteiger partial charge in [-0.2, -0.15) is 0 Å². The van der Waals surface area contributed by atoms with Gasteiger partial charge in [-0.1, -0.05) is 17.7 Å². The predicted octanol–water partition coefficient (Wildman–Crippen LogP) is 2.96. The number of hydrogen-bond acceptors (Lipinski definition) is 2. The number of nitrogens with zero attached hydrogens (tertiary/aromatic N) is 1. The zero-order valence-corrected chi connectivity index (χ0v) is 10.7. The first-order chi connectivity index (χ1) is 7.58. The summed E-state index contributed by atoms with van der Waals surface area (Å²) in [6.45, 7) is 5.40. The minimum absolute atomic E-state index is 0.353. The van der Waals surface area contributed by atoms with Crippen molar-refractivity contribution < 1.29 is 0 Å². The van der Waals surface area contributed by atoms with Crippen molar-refractivity contribution in [1.82, 2.24) is 0 Å². The van der Waals surface area contributed by atoms with Crippen molar-refractivity contribution in [2.75, 3.05) is 11.4 Å². The lowest BCUT2D eigenvalue weighted by atomic mass is 9.97. The van der Waals surface area contributed by atoms with Gasteiger partial charge in [-0.05, 0) is 44.4 Å². The van der Waals surface area contributed by atoms with Crippen LogP contribution in [-0.4, -0.2) is 18.6 Å². The molecular formula is C13H19ClN2. The number of rotatable bonds is 1. The fourth-order valence-electron chi connectivity index (χ4n) is 2.46. The first kappa shape index (κ1) is 11.7. The minimum atomic E-state index is 0.353. The first-order valence-corrected chi connectivity index (χ1v) is 6.24. The van der Waals surface area contributed by atoms with Gasteiger partial charge in [-0.15, -0.1) is 0 Å². The molecule has 0 radical (unpaired) electrons. The molecule has 0 aromatic heterocycles. The quantitative estimate of drug-likeness (QED) is 0.815. The molecule has 1 aliphatic rings. The Hall–Kier alpha value is -0.730. The average molecular weight is 239 g/mol. The van der Waals surface area contributed by atoms with Crippen LogP contribution in [0.15, 0.2) is 18.2 Å². The lowest BCUT2D eigenvalue weighted by Gasteiger charge is -2.39. The molecule has 0 amide bonds. The van der Waals surface area contributed by atoms with Gasteiger partial charge < -0.3 is 10.6 Å². The van der Waals surface area contributed by atoms with Gasteiger partial charge in [0.2, 0.25) is 0 Å². The van der Waals surface area contributed by atoms with E-state index in [1.165, 1.54) is 11.3 Å². The van der Waals surface area contributed by atoms with E-state index in [1.807, 2.05) is 6.07 Å². The van der Waals surface area contributed by atoms with E-state index in [4.69, 9.17) is 17.3 Å². The lowest BCUT2D eigenvalue weighted by Crippen LogP contribution is -2.45. The van der Waals surface area contributed by atoms with Gasteiger partial charge in [0.1, 0.15) is 0 Å². The number of benzene rings is 1. The molecule has 2 nitrogen and oxygen atoms in total. The van der Waals surface area contributed by atoms with Crippen LogP contribution < -0.4 is 10.6 Å². The van der Waals surface area contributed by atoms with Gasteiger partial charge in [0.15, 0.2) is 0 Å². The highest BCUT2D eigenvalue weighted by Gasteiger charge is 2.24. The Morgan fingerprint density at radius 1 is 1.44 bits per heavy atom. The molecule has 2 N–H and O–H groups in total. The predicted molar refractivity (Wildman–Crippen MR) is 70.2 cm³/mol. The third kappa shape index (κ3) is 2.33. The van der Waals surface area contributed by atoms with Crippen LogP contribution in [0.3, 0.4) is 0 Å². The number of halogens is 1. The van der Waals surface area contributed by atoms with Crippen LogP contribution in [0.1, 0.15) is 25.3 Å². The molecule has 0 bridgehead atoms. The molecule has 2 rings (SSSR count). The van der Waals surface area contributed by atoms with Crippen LogP contribution in [0.5, 0.6) is 0 Å². The second kappa shape index (κ2) is 4.64. The Balaban J connectivity index is 2.26. The summed E-state index contributed by atoms with van der Waals surface area (Å²) in [5, 5.41) is 0.808. The summed E-state index contributed by atoms with van der Waals surface area (Å²) in [7, 11) is 0. The number of aryl methyl sites for hydroxylation is 1. The summed E-state index contributed by atoms with van der Waals surface area (Å²) in [6.07, 6.45) is 2.13. The van der Waals surface area contributed by atoms with Crippen molar-refractivity contribution in [2.45, 2.75) is 38.8 Å². The van der Waals surface area contributed by atoms with E-state index >= 15 is 0 Å². The van der Waals surface area contributed by atoms with E-state index in [2.05, 4.69) is 30.9 Å². The van der Waals surface area contributed by atoms with Crippen molar-refractivity contribution >= 4 is 17.3 Å². The van der Waals surface area contributed by atoms with Crippen LogP contribution in [0.4, 0.5) is 5.69 Å². The minimum Gasteiger partial charge on any atom is -0.368 e. The normalized spacial score (nSPS) is 25.9. The van der Waals surface area contributed by atoms with Crippen molar-refractivity contribution in [2.24, 2.45) is 5.73 Å². The lowest BCUT2D eigenvalue weighted by molar-refractivity contribution is 0.429. The van der Waals surface area contributed by atoms with E-state index in [0.717, 1.165) is 24.4 Å². The highest BCUT2D eigenvalue weighted by atomic mass is 35.5. The van der Waals surface area contributed by atoms with Crippen molar-refractivity contribution in [3.63, 3.8) is 0 Å². The maximum absolute atomic E-state index is 6.06. The summed E-state index contributed by atoms with van der Waals surface area (Å²) in [5.74, 6) is 0. The van der Waals surface area contributed by atoms with Crippen molar-refractivity contribution in [1.29, 1.82) is 0 Å². The Morgan fingerprint density at radius 3 is 2.88 bits per heavy atom. The maximum Gasteiger partial charge on any atom is 0.0426 e. The molecule has 88 valence electrons. The number of nitrogens with two attached hydrogens (primary N) is 1. The molecule has 0 saturated carbocycles. The van der Waals surface area contributed by atoms with Gasteiger partial charge in [-0.3, -0.25) is 0 Å². The fraction of sp³-hybridized carbons (Fsp3) is 0.538. The van der Waals surface area contributed by atoms with Crippen LogP contribution in [0.2, 0.25) is 5.02 Å². The summed E-state index contributed by atoms with van der Waals surface area (Å²) < 4.78 is 0. The van der Waals surface area contributed by atoms with E-state index < -0.39 is 0 Å². The zero-order valence-electron chi connectivity index (χ0n) is 9.91. The van der Waals surface area contributed by atoms with Gasteiger partial charge >= 0.3 is 0 Å². The second-order valence-corrected chi connectivity index (χ2v) is 5.19. The molecule has 1 fully saturated rings. The second-order valence-electron chi connectivity index (χ2n) is 4.76. The third-order valence-corrected chi connectivity index (χ3v) is 3.63. The molecule has 16 heavy (non-hydrogen) atoms. The third-order valence-electron chi connectivity index (χ3n) is 3.40. The van der Waals surface area contributed by atoms with Crippen LogP contribution >= 0.6 is 11.6 Å². The Bertz CT molecular complexity index is 378. The SMILES string of the molecule is Cc1ccc(Cl)cc1N1CCC(N)CC1C. The Labute approximate surface area is 102 Å². The van der Waals surface area contributed by atoms with E-state index in [9.17, 15) is 0 Å². The Kier molecular flexibility index (Phi) is 3.41. The van der Waals surface area contributed by atoms with E-state index in [1.54, 1.807) is 0 Å². The van der Waals surface area contributed by atoms with E-state index in [-0.39, 0.29) is 0 Å². The molecule has 1 aliphatic heterocycles. The average Bonchev–Trinajstić information content (AvgIpc) is 2.22. The summed E-state index contributed by atoms with van der Waals surface area (Å²) in [5.41, 5.74) is 8.52. The van der Waals surface area contributed by atoms with E-state index in [0.29, 0.717) is 12.1 Å². The number of anilines is 1.